The number of esters is 1. The Labute approximate surface area is 216 Å². The van der Waals surface area contributed by atoms with E-state index in [2.05, 4.69) is 10.2 Å². The van der Waals surface area contributed by atoms with E-state index >= 15 is 0 Å². The number of nitrogens with zero attached hydrogens (tertiary/aromatic N) is 3. The Balaban J connectivity index is 1.64. The lowest BCUT2D eigenvalue weighted by Gasteiger charge is -2.42. The van der Waals surface area contributed by atoms with Crippen molar-refractivity contribution in [3.8, 4) is 5.75 Å². The maximum atomic E-state index is 13.3. The molecule has 4 rings (SSSR count). The fourth-order valence-corrected chi connectivity index (χ4v) is 4.94. The van der Waals surface area contributed by atoms with Crippen LogP contribution in [0.1, 0.15) is 42.9 Å². The molecule has 3 heterocycles. The second kappa shape index (κ2) is 11.5. The van der Waals surface area contributed by atoms with E-state index in [0.717, 1.165) is 5.56 Å². The summed E-state index contributed by atoms with van der Waals surface area (Å²) in [5.41, 5.74) is 1.78. The predicted octanol–water partition coefficient (Wildman–Crippen LogP) is 3.04. The van der Waals surface area contributed by atoms with E-state index in [4.69, 9.17) is 13.9 Å². The van der Waals surface area contributed by atoms with Gasteiger partial charge in [0.2, 0.25) is 0 Å². The predicted molar refractivity (Wildman–Crippen MR) is 136 cm³/mol. The summed E-state index contributed by atoms with van der Waals surface area (Å²) in [6, 6.07) is 9.62. The molecule has 10 heteroatoms. The number of ether oxygens (including phenoxy) is 2. The molecule has 1 aromatic heterocycles. The van der Waals surface area contributed by atoms with Gasteiger partial charge >= 0.3 is 12.0 Å². The van der Waals surface area contributed by atoms with E-state index in [1.54, 1.807) is 48.1 Å². The number of carbonyl (C=O) groups is 3. The van der Waals surface area contributed by atoms with Crippen LogP contribution in [-0.4, -0.2) is 85.1 Å². The number of amides is 3. The van der Waals surface area contributed by atoms with Crippen LogP contribution in [0.2, 0.25) is 0 Å². The van der Waals surface area contributed by atoms with Crippen molar-refractivity contribution >= 4 is 17.9 Å². The van der Waals surface area contributed by atoms with Crippen LogP contribution >= 0.6 is 0 Å². The monoisotopic (exact) mass is 510 g/mol. The maximum absolute atomic E-state index is 13.3. The summed E-state index contributed by atoms with van der Waals surface area (Å²) in [6.45, 7) is 8.27. The molecule has 0 saturated carbocycles. The molecular weight excluding hydrogens is 476 g/mol. The largest absolute Gasteiger partial charge is 0.497 e. The number of carbonyl (C=O) groups excluding carboxylic acids is 3. The zero-order chi connectivity index (χ0) is 26.5. The zero-order valence-corrected chi connectivity index (χ0v) is 21.7. The molecule has 2 atom stereocenters. The second-order valence-corrected chi connectivity index (χ2v) is 9.04. The average molecular weight is 511 g/mol. The number of methoxy groups -OCH3 is 1. The lowest BCUT2D eigenvalue weighted by Crippen LogP contribution is -2.56. The van der Waals surface area contributed by atoms with E-state index in [1.165, 1.54) is 6.26 Å². The number of nitrogens with one attached hydrogen (secondary N) is 1. The van der Waals surface area contributed by atoms with Crippen LogP contribution in [-0.2, 0) is 9.53 Å². The molecule has 0 spiro atoms. The fraction of sp³-hybridized carbons (Fsp3) is 0.444. The lowest BCUT2D eigenvalue weighted by atomic mass is 9.94. The highest BCUT2D eigenvalue weighted by molar-refractivity contribution is 5.95. The van der Waals surface area contributed by atoms with Crippen LogP contribution in [0.5, 0.6) is 5.75 Å². The molecule has 2 aliphatic heterocycles. The summed E-state index contributed by atoms with van der Waals surface area (Å²) in [7, 11) is 1.58. The van der Waals surface area contributed by atoms with Gasteiger partial charge in [0, 0.05) is 44.5 Å². The quantitative estimate of drug-likeness (QED) is 0.545. The number of likely N-dealkylation sites (N-methyl/N-ethyl adjacent to an activating group) is 1. The van der Waals surface area contributed by atoms with E-state index < -0.39 is 12.0 Å². The Morgan fingerprint density at radius 1 is 1.14 bits per heavy atom. The lowest BCUT2D eigenvalue weighted by molar-refractivity contribution is -0.139. The minimum atomic E-state index is -0.658. The van der Waals surface area contributed by atoms with Crippen molar-refractivity contribution in [3.05, 3.63) is 65.3 Å². The SMILES string of the molecule is CCOC(=O)C1=C(CN2CCN(C(=O)c3ccco3)[C@@H](C)C2)N(CC)C(=O)N[C@@H]1c1ccc(OC)cc1. The van der Waals surface area contributed by atoms with Crippen molar-refractivity contribution in [1.82, 2.24) is 20.0 Å². The molecule has 1 aromatic carbocycles. The molecule has 3 amide bonds. The van der Waals surface area contributed by atoms with Crippen LogP contribution in [0.4, 0.5) is 4.79 Å². The number of hydrogen-bond acceptors (Lipinski definition) is 7. The molecule has 1 fully saturated rings. The fourth-order valence-electron chi connectivity index (χ4n) is 4.94. The van der Waals surface area contributed by atoms with Crippen molar-refractivity contribution in [3.63, 3.8) is 0 Å². The molecule has 0 bridgehead atoms. The van der Waals surface area contributed by atoms with Crippen LogP contribution in [0.3, 0.4) is 0 Å². The van der Waals surface area contributed by atoms with Crippen LogP contribution in [0, 0.1) is 0 Å². The Bertz CT molecular complexity index is 1140. The van der Waals surface area contributed by atoms with Crippen LogP contribution in [0.15, 0.2) is 58.3 Å². The van der Waals surface area contributed by atoms with E-state index in [0.29, 0.717) is 55.5 Å². The Morgan fingerprint density at radius 3 is 2.49 bits per heavy atom. The van der Waals surface area contributed by atoms with Gasteiger partial charge in [-0.15, -0.1) is 0 Å². The first-order valence-corrected chi connectivity index (χ1v) is 12.6. The second-order valence-electron chi connectivity index (χ2n) is 9.04. The average Bonchev–Trinajstić information content (AvgIpc) is 3.44. The molecule has 10 nitrogen and oxygen atoms in total. The summed E-state index contributed by atoms with van der Waals surface area (Å²) >= 11 is 0. The Morgan fingerprint density at radius 2 is 1.89 bits per heavy atom. The zero-order valence-electron chi connectivity index (χ0n) is 21.7. The summed E-state index contributed by atoms with van der Waals surface area (Å²) in [5, 5.41) is 2.98. The van der Waals surface area contributed by atoms with Gasteiger partial charge in [0.25, 0.3) is 5.91 Å². The smallest absolute Gasteiger partial charge is 0.338 e. The summed E-state index contributed by atoms with van der Waals surface area (Å²) in [4.78, 5) is 44.9. The number of furan rings is 1. The summed E-state index contributed by atoms with van der Waals surface area (Å²) in [5.74, 6) is 0.391. The molecule has 1 N–H and O–H groups in total. The van der Waals surface area contributed by atoms with Gasteiger partial charge in [0.15, 0.2) is 5.76 Å². The van der Waals surface area contributed by atoms with E-state index in [9.17, 15) is 14.4 Å². The van der Waals surface area contributed by atoms with E-state index in [1.807, 2.05) is 26.0 Å². The standard InChI is InChI=1S/C27H34N4O6/c1-5-30-21(17-29-13-14-31(18(3)16-29)25(32)22-8-7-15-37-22)23(26(33)36-6-2)24(28-27(30)34)19-9-11-20(35-4)12-10-19/h7-12,15,18,24H,5-6,13-14,16-17H2,1-4H3,(H,28,34)/t18-,24+/m0/s1. The van der Waals surface area contributed by atoms with Gasteiger partial charge in [0.1, 0.15) is 5.75 Å². The number of hydrogen-bond donors (Lipinski definition) is 1. The molecular formula is C27H34N4O6. The molecule has 0 aliphatic carbocycles. The van der Waals surface area contributed by atoms with Gasteiger partial charge in [-0.2, -0.15) is 0 Å². The van der Waals surface area contributed by atoms with Gasteiger partial charge in [-0.1, -0.05) is 12.1 Å². The Kier molecular flexibility index (Phi) is 8.17. The molecule has 0 radical (unpaired) electrons. The summed E-state index contributed by atoms with van der Waals surface area (Å²) < 4.78 is 16.0. The molecule has 2 aromatic rings. The van der Waals surface area contributed by atoms with E-state index in [-0.39, 0.29) is 24.6 Å². The maximum Gasteiger partial charge on any atom is 0.338 e. The highest BCUT2D eigenvalue weighted by Crippen LogP contribution is 2.33. The number of benzene rings is 1. The first kappa shape index (κ1) is 26.3. The highest BCUT2D eigenvalue weighted by atomic mass is 16.5. The topological polar surface area (TPSA) is 105 Å². The third-order valence-corrected chi connectivity index (χ3v) is 6.78. The van der Waals surface area contributed by atoms with Crippen LogP contribution in [0.25, 0.3) is 0 Å². The van der Waals surface area contributed by atoms with Gasteiger partial charge in [-0.25, -0.2) is 9.59 Å². The third kappa shape index (κ3) is 5.48. The molecule has 0 unspecified atom stereocenters. The first-order valence-electron chi connectivity index (χ1n) is 12.6. The van der Waals surface area contributed by atoms with Crippen molar-refractivity contribution in [2.75, 3.05) is 46.4 Å². The molecule has 198 valence electrons. The molecule has 1 saturated heterocycles. The third-order valence-electron chi connectivity index (χ3n) is 6.78. The van der Waals surface area contributed by atoms with Crippen molar-refractivity contribution < 1.29 is 28.3 Å². The minimum Gasteiger partial charge on any atom is -0.497 e. The van der Waals surface area contributed by atoms with Gasteiger partial charge in [-0.3, -0.25) is 14.6 Å². The first-order chi connectivity index (χ1) is 17.9. The molecule has 37 heavy (non-hydrogen) atoms. The number of piperazine rings is 1. The number of rotatable bonds is 8. The Hall–Kier alpha value is -3.79. The number of urea groups is 1. The van der Waals surface area contributed by atoms with Gasteiger partial charge in [0.05, 0.1) is 31.6 Å². The highest BCUT2D eigenvalue weighted by Gasteiger charge is 2.39. The van der Waals surface area contributed by atoms with Crippen molar-refractivity contribution in [2.24, 2.45) is 0 Å². The van der Waals surface area contributed by atoms with Gasteiger partial charge < -0.3 is 24.1 Å². The normalized spacial score (nSPS) is 20.6. The van der Waals surface area contributed by atoms with Crippen molar-refractivity contribution in [2.45, 2.75) is 32.9 Å². The summed E-state index contributed by atoms with van der Waals surface area (Å²) in [6.07, 6.45) is 1.49. The molecule has 2 aliphatic rings. The van der Waals surface area contributed by atoms with Crippen molar-refractivity contribution in [1.29, 1.82) is 0 Å². The van der Waals surface area contributed by atoms with Crippen LogP contribution < -0.4 is 10.1 Å². The minimum absolute atomic E-state index is 0.0807. The van der Waals surface area contributed by atoms with Gasteiger partial charge in [-0.05, 0) is 50.6 Å².